The SMILES string of the molecule is CCn1cnc(CCNC(=O)Nc2nc(C)c(-c3ccc(S(C)(=O)=O)c(C(F)(F)F)c3)s2)c1. The number of rotatable bonds is 7. The minimum absolute atomic E-state index is 0.157. The van der Waals surface area contributed by atoms with Gasteiger partial charge in [0.05, 0.1) is 33.1 Å². The molecule has 0 unspecified atom stereocenters. The van der Waals surface area contributed by atoms with E-state index in [0.717, 1.165) is 42.0 Å². The van der Waals surface area contributed by atoms with Gasteiger partial charge in [0.15, 0.2) is 15.0 Å². The molecule has 1 aromatic carbocycles. The van der Waals surface area contributed by atoms with Gasteiger partial charge in [0, 0.05) is 32.0 Å². The van der Waals surface area contributed by atoms with E-state index in [1.54, 1.807) is 13.3 Å². The average Bonchev–Trinajstić information content (AvgIpc) is 3.32. The third-order valence-electron chi connectivity index (χ3n) is 4.68. The number of sulfone groups is 1. The number of hydrogen-bond donors (Lipinski definition) is 2. The minimum atomic E-state index is -4.85. The number of alkyl halides is 3. The molecule has 2 heterocycles. The van der Waals surface area contributed by atoms with Gasteiger partial charge >= 0.3 is 12.2 Å². The van der Waals surface area contributed by atoms with Crippen molar-refractivity contribution in [3.05, 3.63) is 47.7 Å². The predicted molar refractivity (Wildman–Crippen MR) is 119 cm³/mol. The molecule has 0 aliphatic heterocycles. The van der Waals surface area contributed by atoms with Crippen LogP contribution in [-0.2, 0) is 29.0 Å². The van der Waals surface area contributed by atoms with E-state index in [0.29, 0.717) is 23.5 Å². The highest BCUT2D eigenvalue weighted by Gasteiger charge is 2.36. The lowest BCUT2D eigenvalue weighted by Crippen LogP contribution is -2.30. The van der Waals surface area contributed by atoms with Gasteiger partial charge < -0.3 is 9.88 Å². The molecule has 0 radical (unpaired) electrons. The number of benzene rings is 1. The first-order valence-electron chi connectivity index (χ1n) is 9.83. The Morgan fingerprint density at radius 3 is 2.61 bits per heavy atom. The van der Waals surface area contributed by atoms with Crippen LogP contribution in [0.3, 0.4) is 0 Å². The number of nitrogens with zero attached hydrogens (tertiary/aromatic N) is 3. The van der Waals surface area contributed by atoms with Crippen LogP contribution < -0.4 is 10.6 Å². The number of halogens is 3. The molecule has 0 bridgehead atoms. The highest BCUT2D eigenvalue weighted by atomic mass is 32.2. The molecule has 2 amide bonds. The van der Waals surface area contributed by atoms with Crippen LogP contribution in [-0.4, -0.2) is 41.8 Å². The Labute approximate surface area is 192 Å². The average molecular weight is 502 g/mol. The number of thiazole rings is 1. The molecule has 13 heteroatoms. The zero-order valence-electron chi connectivity index (χ0n) is 18.0. The highest BCUT2D eigenvalue weighted by Crippen LogP contribution is 2.39. The maximum atomic E-state index is 13.5. The number of aryl methyl sites for hydroxylation is 2. The molecule has 0 saturated heterocycles. The summed E-state index contributed by atoms with van der Waals surface area (Å²) >= 11 is 0.994. The molecule has 33 heavy (non-hydrogen) atoms. The normalized spacial score (nSPS) is 12.1. The molecule has 0 spiro atoms. The van der Waals surface area contributed by atoms with E-state index < -0.39 is 32.5 Å². The largest absolute Gasteiger partial charge is 0.417 e. The van der Waals surface area contributed by atoms with Gasteiger partial charge in [-0.15, -0.1) is 0 Å². The molecule has 178 valence electrons. The number of carbonyl (C=O) groups is 1. The summed E-state index contributed by atoms with van der Waals surface area (Å²) in [6, 6.07) is 2.52. The van der Waals surface area contributed by atoms with Gasteiger partial charge in [0.25, 0.3) is 0 Å². The lowest BCUT2D eigenvalue weighted by molar-refractivity contribution is -0.139. The van der Waals surface area contributed by atoms with Crippen LogP contribution in [0, 0.1) is 6.92 Å². The Balaban J connectivity index is 1.72. The van der Waals surface area contributed by atoms with Crippen molar-refractivity contribution in [2.45, 2.75) is 37.9 Å². The standard InChI is InChI=1S/C20H22F3N5O3S2/c1-4-28-10-14(25-11-28)7-8-24-18(29)27-19-26-12(2)17(32-19)13-5-6-16(33(3,30)31)15(9-13)20(21,22)23/h5-6,9-11H,4,7-8H2,1-3H3,(H2,24,26,27,29). The third kappa shape index (κ3) is 6.11. The Hall–Kier alpha value is -2.93. The van der Waals surface area contributed by atoms with Gasteiger partial charge in [-0.2, -0.15) is 13.2 Å². The molecule has 0 atom stereocenters. The van der Waals surface area contributed by atoms with Crippen molar-refractivity contribution in [2.75, 3.05) is 18.1 Å². The van der Waals surface area contributed by atoms with Crippen molar-refractivity contribution in [2.24, 2.45) is 0 Å². The van der Waals surface area contributed by atoms with Crippen LogP contribution in [0.15, 0.2) is 35.6 Å². The number of urea groups is 1. The Morgan fingerprint density at radius 1 is 1.27 bits per heavy atom. The maximum absolute atomic E-state index is 13.5. The summed E-state index contributed by atoms with van der Waals surface area (Å²) in [5, 5.41) is 5.45. The van der Waals surface area contributed by atoms with E-state index in [9.17, 15) is 26.4 Å². The predicted octanol–water partition coefficient (Wildman–Crippen LogP) is 4.12. The first-order valence-corrected chi connectivity index (χ1v) is 12.5. The fraction of sp³-hybridized carbons (Fsp3) is 0.350. The van der Waals surface area contributed by atoms with Gasteiger partial charge in [0.2, 0.25) is 0 Å². The second-order valence-electron chi connectivity index (χ2n) is 7.24. The quantitative estimate of drug-likeness (QED) is 0.507. The summed E-state index contributed by atoms with van der Waals surface area (Å²) in [6.45, 7) is 4.72. The van der Waals surface area contributed by atoms with Crippen LogP contribution in [0.4, 0.5) is 23.1 Å². The first kappa shape index (κ1) is 24.7. The molecule has 2 N–H and O–H groups in total. The molecular weight excluding hydrogens is 479 g/mol. The smallest absolute Gasteiger partial charge is 0.337 e. The monoisotopic (exact) mass is 501 g/mol. The van der Waals surface area contributed by atoms with Crippen molar-refractivity contribution >= 4 is 32.3 Å². The van der Waals surface area contributed by atoms with Gasteiger partial charge in [-0.05, 0) is 31.5 Å². The Morgan fingerprint density at radius 2 is 2.00 bits per heavy atom. The van der Waals surface area contributed by atoms with Gasteiger partial charge in [-0.3, -0.25) is 5.32 Å². The fourth-order valence-corrected chi connectivity index (χ4v) is 4.93. The zero-order chi connectivity index (χ0) is 24.4. The van der Waals surface area contributed by atoms with Crippen LogP contribution in [0.1, 0.15) is 23.9 Å². The van der Waals surface area contributed by atoms with Crippen molar-refractivity contribution < 1.29 is 26.4 Å². The van der Waals surface area contributed by atoms with Gasteiger partial charge in [-0.1, -0.05) is 17.4 Å². The van der Waals surface area contributed by atoms with E-state index in [-0.39, 0.29) is 10.7 Å². The minimum Gasteiger partial charge on any atom is -0.337 e. The molecule has 3 rings (SSSR count). The molecule has 2 aromatic heterocycles. The van der Waals surface area contributed by atoms with Crippen LogP contribution in [0.25, 0.3) is 10.4 Å². The number of imidazole rings is 1. The summed E-state index contributed by atoms with van der Waals surface area (Å²) < 4.78 is 65.8. The second kappa shape index (κ2) is 9.51. The lowest BCUT2D eigenvalue weighted by Gasteiger charge is -2.13. The van der Waals surface area contributed by atoms with Gasteiger partial charge in [-0.25, -0.2) is 23.2 Å². The highest BCUT2D eigenvalue weighted by molar-refractivity contribution is 7.90. The van der Waals surface area contributed by atoms with Crippen molar-refractivity contribution in [1.82, 2.24) is 19.9 Å². The molecule has 8 nitrogen and oxygen atoms in total. The summed E-state index contributed by atoms with van der Waals surface area (Å²) in [4.78, 5) is 20.2. The van der Waals surface area contributed by atoms with Gasteiger partial charge in [0.1, 0.15) is 0 Å². The zero-order valence-corrected chi connectivity index (χ0v) is 19.7. The number of amides is 2. The Bertz CT molecular complexity index is 1270. The second-order valence-corrected chi connectivity index (χ2v) is 10.2. The molecule has 0 aliphatic rings. The maximum Gasteiger partial charge on any atom is 0.417 e. The van der Waals surface area contributed by atoms with Crippen LogP contribution >= 0.6 is 11.3 Å². The van der Waals surface area contributed by atoms with E-state index in [2.05, 4.69) is 20.6 Å². The summed E-state index contributed by atoms with van der Waals surface area (Å²) in [7, 11) is -4.07. The fourth-order valence-electron chi connectivity index (χ4n) is 3.09. The molecule has 0 saturated carbocycles. The van der Waals surface area contributed by atoms with Crippen LogP contribution in [0.2, 0.25) is 0 Å². The number of anilines is 1. The topological polar surface area (TPSA) is 106 Å². The number of nitrogens with one attached hydrogen (secondary N) is 2. The van der Waals surface area contributed by atoms with E-state index in [4.69, 9.17) is 0 Å². The molecular formula is C20H22F3N5O3S2. The Kier molecular flexibility index (Phi) is 7.12. The van der Waals surface area contributed by atoms with E-state index in [1.165, 1.54) is 6.07 Å². The number of aromatic nitrogens is 3. The molecule has 0 fully saturated rings. The van der Waals surface area contributed by atoms with Crippen molar-refractivity contribution in [1.29, 1.82) is 0 Å². The molecule has 0 aliphatic carbocycles. The lowest BCUT2D eigenvalue weighted by atomic mass is 10.1. The third-order valence-corrected chi connectivity index (χ3v) is 6.96. The molecule has 3 aromatic rings. The number of hydrogen-bond acceptors (Lipinski definition) is 6. The first-order chi connectivity index (χ1) is 15.4. The summed E-state index contributed by atoms with van der Waals surface area (Å²) in [6.07, 6.45) is 0.0178. The number of carbonyl (C=O) groups excluding carboxylic acids is 1. The van der Waals surface area contributed by atoms with E-state index in [1.807, 2.05) is 17.7 Å². The van der Waals surface area contributed by atoms with E-state index >= 15 is 0 Å². The van der Waals surface area contributed by atoms with Crippen molar-refractivity contribution in [3.63, 3.8) is 0 Å². The summed E-state index contributed by atoms with van der Waals surface area (Å²) in [5.74, 6) is 0. The van der Waals surface area contributed by atoms with Crippen molar-refractivity contribution in [3.8, 4) is 10.4 Å². The summed E-state index contributed by atoms with van der Waals surface area (Å²) in [5.41, 5.74) is 0.154. The van der Waals surface area contributed by atoms with Crippen LogP contribution in [0.5, 0.6) is 0 Å².